The summed E-state index contributed by atoms with van der Waals surface area (Å²) in [6.07, 6.45) is 4.04. The van der Waals surface area contributed by atoms with E-state index in [0.29, 0.717) is 37.9 Å². The van der Waals surface area contributed by atoms with E-state index in [9.17, 15) is 18.4 Å². The summed E-state index contributed by atoms with van der Waals surface area (Å²) in [4.78, 5) is 29.6. The number of nitrogens with zero attached hydrogens (tertiary/aromatic N) is 4. The molecule has 2 aliphatic rings. The van der Waals surface area contributed by atoms with Gasteiger partial charge in [-0.05, 0) is 30.5 Å². The third-order valence-corrected chi connectivity index (χ3v) is 5.15. The highest BCUT2D eigenvalue weighted by Crippen LogP contribution is 2.33. The Morgan fingerprint density at radius 1 is 1.14 bits per heavy atom. The molecule has 0 saturated carbocycles. The number of rotatable bonds is 4. The first kappa shape index (κ1) is 19.0. The number of hydrogen-bond acceptors (Lipinski definition) is 6. The minimum atomic E-state index is -1.17. The molecule has 1 atom stereocenters. The quantitative estimate of drug-likeness (QED) is 0.841. The molecule has 3 heterocycles. The van der Waals surface area contributed by atoms with Gasteiger partial charge in [-0.1, -0.05) is 0 Å². The van der Waals surface area contributed by atoms with Gasteiger partial charge in [0.15, 0.2) is 5.69 Å². The van der Waals surface area contributed by atoms with Gasteiger partial charge in [0.25, 0.3) is 6.01 Å². The molecule has 0 aliphatic carbocycles. The average molecular weight is 404 g/mol. The van der Waals surface area contributed by atoms with Crippen LogP contribution in [0.1, 0.15) is 41.4 Å². The van der Waals surface area contributed by atoms with Gasteiger partial charge in [-0.2, -0.15) is 10.1 Å². The van der Waals surface area contributed by atoms with Crippen molar-refractivity contribution in [3.63, 3.8) is 0 Å². The van der Waals surface area contributed by atoms with Gasteiger partial charge in [-0.3, -0.25) is 4.79 Å². The van der Waals surface area contributed by atoms with Crippen molar-refractivity contribution in [1.82, 2.24) is 9.99 Å². The lowest BCUT2D eigenvalue weighted by Gasteiger charge is -2.33. The van der Waals surface area contributed by atoms with Crippen LogP contribution in [0.3, 0.4) is 0 Å². The number of carbonyl (C=O) groups excluding carboxylic acids is 1. The standard InChI is InChI=1S/C19H18F2N4O4/c20-13-7-12(8-14(21)9-13)16-1-4-22-25(16)17(26)11-2-5-24(6-3-11)19-23-15(10-29-19)18(27)28/h4,7-11,16H,1-3,5-6H2,(H,27,28). The molecule has 1 fully saturated rings. The fourth-order valence-electron chi connectivity index (χ4n) is 3.68. The molecule has 2 aliphatic heterocycles. The highest BCUT2D eigenvalue weighted by molar-refractivity contribution is 5.85. The van der Waals surface area contributed by atoms with Crippen LogP contribution in [0.2, 0.25) is 0 Å². The summed E-state index contributed by atoms with van der Waals surface area (Å²) in [6.45, 7) is 0.930. The zero-order chi connectivity index (χ0) is 20.5. The van der Waals surface area contributed by atoms with Gasteiger partial charge >= 0.3 is 5.97 Å². The van der Waals surface area contributed by atoms with Crippen molar-refractivity contribution in [3.8, 4) is 0 Å². The maximum atomic E-state index is 13.6. The van der Waals surface area contributed by atoms with Crippen LogP contribution in [-0.4, -0.2) is 46.3 Å². The second-order valence-electron chi connectivity index (χ2n) is 7.02. The van der Waals surface area contributed by atoms with Crippen LogP contribution in [0.15, 0.2) is 34.0 Å². The van der Waals surface area contributed by atoms with Crippen LogP contribution >= 0.6 is 0 Å². The van der Waals surface area contributed by atoms with Gasteiger partial charge in [-0.25, -0.2) is 18.6 Å². The lowest BCUT2D eigenvalue weighted by molar-refractivity contribution is -0.138. The molecule has 0 spiro atoms. The number of oxazole rings is 1. The summed E-state index contributed by atoms with van der Waals surface area (Å²) in [6, 6.07) is 2.90. The molecular formula is C19H18F2N4O4. The predicted molar refractivity (Wildman–Crippen MR) is 97.5 cm³/mol. The van der Waals surface area contributed by atoms with E-state index in [0.717, 1.165) is 12.3 Å². The lowest BCUT2D eigenvalue weighted by Crippen LogP contribution is -2.41. The zero-order valence-electron chi connectivity index (χ0n) is 15.3. The number of piperidine rings is 1. The first-order valence-corrected chi connectivity index (χ1v) is 9.17. The summed E-state index contributed by atoms with van der Waals surface area (Å²) in [5.41, 5.74) is 0.196. The molecule has 8 nitrogen and oxygen atoms in total. The van der Waals surface area contributed by atoms with E-state index < -0.39 is 23.6 Å². The fraction of sp³-hybridized carbons (Fsp3) is 0.368. The van der Waals surface area contributed by atoms with E-state index in [2.05, 4.69) is 10.1 Å². The number of aromatic carboxylic acids is 1. The van der Waals surface area contributed by atoms with E-state index in [-0.39, 0.29) is 23.5 Å². The topological polar surface area (TPSA) is 99.2 Å². The number of hydrazone groups is 1. The van der Waals surface area contributed by atoms with Crippen LogP contribution in [0.5, 0.6) is 0 Å². The molecule has 29 heavy (non-hydrogen) atoms. The van der Waals surface area contributed by atoms with Crippen LogP contribution in [-0.2, 0) is 4.79 Å². The minimum absolute atomic E-state index is 0.172. The van der Waals surface area contributed by atoms with E-state index in [1.807, 2.05) is 0 Å². The monoisotopic (exact) mass is 404 g/mol. The molecule has 10 heteroatoms. The first-order valence-electron chi connectivity index (χ1n) is 9.17. The van der Waals surface area contributed by atoms with Crippen molar-refractivity contribution in [2.75, 3.05) is 18.0 Å². The van der Waals surface area contributed by atoms with E-state index in [1.165, 1.54) is 17.1 Å². The van der Waals surface area contributed by atoms with Gasteiger partial charge in [0.05, 0.1) is 6.04 Å². The molecular weight excluding hydrogens is 386 g/mol. The number of hydrogen-bond donors (Lipinski definition) is 1. The van der Waals surface area contributed by atoms with Crippen LogP contribution in [0.25, 0.3) is 0 Å². The Labute approximate surface area is 164 Å². The van der Waals surface area contributed by atoms with Crippen molar-refractivity contribution in [2.24, 2.45) is 11.0 Å². The van der Waals surface area contributed by atoms with Gasteiger partial charge in [0.2, 0.25) is 5.91 Å². The van der Waals surface area contributed by atoms with Crippen LogP contribution < -0.4 is 4.90 Å². The molecule has 2 aromatic rings. The Balaban J connectivity index is 1.42. The Kier molecular flexibility index (Phi) is 4.99. The number of aromatic nitrogens is 1. The largest absolute Gasteiger partial charge is 0.476 e. The van der Waals surface area contributed by atoms with Crippen molar-refractivity contribution in [3.05, 3.63) is 47.4 Å². The summed E-state index contributed by atoms with van der Waals surface area (Å²) in [5, 5.41) is 14.4. The van der Waals surface area contributed by atoms with E-state index >= 15 is 0 Å². The van der Waals surface area contributed by atoms with Gasteiger partial charge in [0, 0.05) is 37.7 Å². The molecule has 1 amide bonds. The van der Waals surface area contributed by atoms with Crippen molar-refractivity contribution < 1.29 is 27.9 Å². The van der Waals surface area contributed by atoms with Gasteiger partial charge in [0.1, 0.15) is 17.9 Å². The number of halogens is 2. The highest BCUT2D eigenvalue weighted by atomic mass is 19.1. The summed E-state index contributed by atoms with van der Waals surface area (Å²) < 4.78 is 32.4. The molecule has 1 saturated heterocycles. The molecule has 0 bridgehead atoms. The molecule has 1 aromatic carbocycles. The minimum Gasteiger partial charge on any atom is -0.476 e. The Morgan fingerprint density at radius 2 is 1.83 bits per heavy atom. The highest BCUT2D eigenvalue weighted by Gasteiger charge is 2.35. The van der Waals surface area contributed by atoms with Gasteiger partial charge in [-0.15, -0.1) is 0 Å². The van der Waals surface area contributed by atoms with E-state index in [1.54, 1.807) is 11.1 Å². The zero-order valence-corrected chi connectivity index (χ0v) is 15.3. The normalized spacial score (nSPS) is 19.7. The third-order valence-electron chi connectivity index (χ3n) is 5.15. The molecule has 152 valence electrons. The summed E-state index contributed by atoms with van der Waals surface area (Å²) in [5.74, 6) is -3.07. The second kappa shape index (κ2) is 7.61. The lowest BCUT2D eigenvalue weighted by atomic mass is 9.94. The van der Waals surface area contributed by atoms with Crippen molar-refractivity contribution in [1.29, 1.82) is 0 Å². The van der Waals surface area contributed by atoms with Gasteiger partial charge < -0.3 is 14.4 Å². The number of carbonyl (C=O) groups is 2. The summed E-state index contributed by atoms with van der Waals surface area (Å²) >= 11 is 0. The van der Waals surface area contributed by atoms with Crippen LogP contribution in [0, 0.1) is 17.6 Å². The fourth-order valence-corrected chi connectivity index (χ4v) is 3.68. The van der Waals surface area contributed by atoms with E-state index in [4.69, 9.17) is 9.52 Å². The Bertz CT molecular complexity index is 949. The Hall–Kier alpha value is -3.30. The number of carboxylic acid groups (broad SMARTS) is 1. The maximum absolute atomic E-state index is 13.6. The van der Waals surface area contributed by atoms with Crippen molar-refractivity contribution in [2.45, 2.75) is 25.3 Å². The third kappa shape index (κ3) is 3.82. The Morgan fingerprint density at radius 3 is 2.45 bits per heavy atom. The SMILES string of the molecule is O=C(O)c1coc(N2CCC(C(=O)N3N=CCC3c3cc(F)cc(F)c3)CC2)n1. The summed E-state index contributed by atoms with van der Waals surface area (Å²) in [7, 11) is 0. The molecule has 1 N–H and O–H groups in total. The first-order chi connectivity index (χ1) is 13.9. The number of amides is 1. The molecule has 1 unspecified atom stereocenters. The number of anilines is 1. The second-order valence-corrected chi connectivity index (χ2v) is 7.02. The number of benzene rings is 1. The van der Waals surface area contributed by atoms with Crippen molar-refractivity contribution >= 4 is 24.1 Å². The molecule has 4 rings (SSSR count). The average Bonchev–Trinajstić information content (AvgIpc) is 3.37. The van der Waals surface area contributed by atoms with Crippen LogP contribution in [0.4, 0.5) is 14.8 Å². The number of carboxylic acids is 1. The maximum Gasteiger partial charge on any atom is 0.357 e. The molecule has 1 aromatic heterocycles. The predicted octanol–water partition coefficient (Wildman–Crippen LogP) is 2.83. The smallest absolute Gasteiger partial charge is 0.357 e. The molecule has 0 radical (unpaired) electrons.